The molecule has 3 rings (SSSR count). The Bertz CT molecular complexity index is 655. The first-order valence-electron chi connectivity index (χ1n) is 7.09. The Kier molecular flexibility index (Phi) is 3.88. The predicted octanol–water partition coefficient (Wildman–Crippen LogP) is 1.72. The molecule has 1 amide bonds. The number of benzene rings is 2. The van der Waals surface area contributed by atoms with Gasteiger partial charge in [0, 0.05) is 18.7 Å². The maximum Gasteiger partial charge on any atom is 0.237 e. The van der Waals surface area contributed by atoms with E-state index in [1.807, 2.05) is 18.2 Å². The molecule has 108 valence electrons. The third kappa shape index (κ3) is 3.06. The van der Waals surface area contributed by atoms with Crippen LogP contribution in [0.1, 0.15) is 16.7 Å². The van der Waals surface area contributed by atoms with Gasteiger partial charge in [0.05, 0.1) is 6.04 Å². The van der Waals surface area contributed by atoms with E-state index in [0.717, 1.165) is 5.56 Å². The van der Waals surface area contributed by atoms with Crippen molar-refractivity contribution in [1.82, 2.24) is 10.6 Å². The molecule has 4 heteroatoms. The normalized spacial score (nSPS) is 17.0. The lowest BCUT2D eigenvalue weighted by atomic mass is 9.95. The van der Waals surface area contributed by atoms with E-state index in [1.54, 1.807) is 18.2 Å². The van der Waals surface area contributed by atoms with Crippen LogP contribution < -0.4 is 10.6 Å². The van der Waals surface area contributed by atoms with Crippen LogP contribution in [-0.4, -0.2) is 17.1 Å². The van der Waals surface area contributed by atoms with E-state index in [9.17, 15) is 9.90 Å². The highest BCUT2D eigenvalue weighted by Crippen LogP contribution is 2.17. The molecule has 2 aromatic carbocycles. The van der Waals surface area contributed by atoms with Crippen molar-refractivity contribution < 1.29 is 9.90 Å². The molecule has 1 aliphatic rings. The molecule has 1 atom stereocenters. The van der Waals surface area contributed by atoms with E-state index >= 15 is 0 Å². The average molecular weight is 282 g/mol. The number of rotatable bonds is 3. The molecule has 0 unspecified atom stereocenters. The van der Waals surface area contributed by atoms with Crippen LogP contribution in [0.4, 0.5) is 0 Å². The second-order valence-electron chi connectivity index (χ2n) is 5.25. The third-order valence-corrected chi connectivity index (χ3v) is 3.84. The minimum Gasteiger partial charge on any atom is -0.508 e. The second-order valence-corrected chi connectivity index (χ2v) is 5.25. The average Bonchev–Trinajstić information content (AvgIpc) is 2.53. The highest BCUT2D eigenvalue weighted by atomic mass is 16.3. The number of para-hydroxylation sites is 1. The van der Waals surface area contributed by atoms with E-state index in [2.05, 4.69) is 22.8 Å². The smallest absolute Gasteiger partial charge is 0.237 e. The van der Waals surface area contributed by atoms with E-state index < -0.39 is 0 Å². The van der Waals surface area contributed by atoms with Crippen LogP contribution in [0.25, 0.3) is 0 Å². The molecule has 0 radical (unpaired) electrons. The number of aromatic hydroxyl groups is 1. The zero-order valence-electron chi connectivity index (χ0n) is 11.7. The summed E-state index contributed by atoms with van der Waals surface area (Å²) in [6, 6.07) is 15.0. The van der Waals surface area contributed by atoms with Crippen molar-refractivity contribution in [3.8, 4) is 5.75 Å². The minimum absolute atomic E-state index is 0.0345. The van der Waals surface area contributed by atoms with Gasteiger partial charge in [0.1, 0.15) is 5.75 Å². The molecule has 4 nitrogen and oxygen atoms in total. The lowest BCUT2D eigenvalue weighted by Crippen LogP contribution is -2.47. The van der Waals surface area contributed by atoms with Gasteiger partial charge in [-0.1, -0.05) is 42.5 Å². The molecule has 3 N–H and O–H groups in total. The number of nitrogens with one attached hydrogen (secondary N) is 2. The zero-order chi connectivity index (χ0) is 14.7. The summed E-state index contributed by atoms with van der Waals surface area (Å²) >= 11 is 0. The van der Waals surface area contributed by atoms with Crippen molar-refractivity contribution >= 4 is 5.91 Å². The van der Waals surface area contributed by atoms with Crippen LogP contribution in [0, 0.1) is 0 Å². The Labute approximate surface area is 123 Å². The number of phenols is 1. The summed E-state index contributed by atoms with van der Waals surface area (Å²) in [5.41, 5.74) is 3.20. The van der Waals surface area contributed by atoms with Gasteiger partial charge in [-0.15, -0.1) is 0 Å². The van der Waals surface area contributed by atoms with Gasteiger partial charge in [-0.2, -0.15) is 0 Å². The molecular formula is C17H18N2O2. The van der Waals surface area contributed by atoms with E-state index in [1.165, 1.54) is 11.1 Å². The molecule has 21 heavy (non-hydrogen) atoms. The Morgan fingerprint density at radius 2 is 1.86 bits per heavy atom. The standard InChI is InChI=1S/C17H18N2O2/c20-16-8-4-3-7-14(16)11-19-17(21)15-9-12-5-1-2-6-13(12)10-18-15/h1-8,15,18,20H,9-11H2,(H,19,21)/t15-/m0/s1. The topological polar surface area (TPSA) is 61.4 Å². The first-order valence-corrected chi connectivity index (χ1v) is 7.09. The van der Waals surface area contributed by atoms with Gasteiger partial charge in [-0.25, -0.2) is 0 Å². The highest BCUT2D eigenvalue weighted by Gasteiger charge is 2.23. The van der Waals surface area contributed by atoms with Crippen LogP contribution >= 0.6 is 0 Å². The molecule has 0 bridgehead atoms. The van der Waals surface area contributed by atoms with Crippen LogP contribution in [0.3, 0.4) is 0 Å². The molecule has 1 heterocycles. The maximum absolute atomic E-state index is 12.2. The van der Waals surface area contributed by atoms with E-state index in [4.69, 9.17) is 0 Å². The molecule has 0 spiro atoms. The number of hydrogen-bond acceptors (Lipinski definition) is 3. The Balaban J connectivity index is 1.61. The fraction of sp³-hybridized carbons (Fsp3) is 0.235. The summed E-state index contributed by atoms with van der Waals surface area (Å²) in [6.45, 7) is 1.05. The number of fused-ring (bicyclic) bond motifs is 1. The minimum atomic E-state index is -0.217. The highest BCUT2D eigenvalue weighted by molar-refractivity contribution is 5.82. The van der Waals surface area contributed by atoms with Crippen LogP contribution in [0.15, 0.2) is 48.5 Å². The van der Waals surface area contributed by atoms with E-state index in [0.29, 0.717) is 19.5 Å². The number of amides is 1. The summed E-state index contributed by atoms with van der Waals surface area (Å²) in [6.07, 6.45) is 0.697. The Morgan fingerprint density at radius 1 is 1.14 bits per heavy atom. The Hall–Kier alpha value is -2.33. The molecule has 0 aliphatic carbocycles. The van der Waals surface area contributed by atoms with Crippen LogP contribution in [-0.2, 0) is 24.3 Å². The van der Waals surface area contributed by atoms with E-state index in [-0.39, 0.29) is 17.7 Å². The first-order chi connectivity index (χ1) is 10.2. The monoisotopic (exact) mass is 282 g/mol. The van der Waals surface area contributed by atoms with Crippen molar-refractivity contribution in [3.63, 3.8) is 0 Å². The molecule has 0 saturated heterocycles. The quantitative estimate of drug-likeness (QED) is 0.803. The first kappa shape index (κ1) is 13.6. The van der Waals surface area contributed by atoms with Gasteiger partial charge >= 0.3 is 0 Å². The molecule has 2 aromatic rings. The summed E-state index contributed by atoms with van der Waals surface area (Å²) in [4.78, 5) is 12.2. The van der Waals surface area contributed by atoms with Gasteiger partial charge < -0.3 is 15.7 Å². The van der Waals surface area contributed by atoms with Gasteiger partial charge in [-0.3, -0.25) is 4.79 Å². The number of carbonyl (C=O) groups is 1. The lowest BCUT2D eigenvalue weighted by molar-refractivity contribution is -0.123. The molecular weight excluding hydrogens is 264 g/mol. The molecule has 0 fully saturated rings. The summed E-state index contributed by atoms with van der Waals surface area (Å²) in [5.74, 6) is 0.174. The summed E-state index contributed by atoms with van der Waals surface area (Å²) in [7, 11) is 0. The van der Waals surface area contributed by atoms with Crippen LogP contribution in [0.5, 0.6) is 5.75 Å². The van der Waals surface area contributed by atoms with Gasteiger partial charge in [0.2, 0.25) is 5.91 Å². The van der Waals surface area contributed by atoms with Crippen molar-refractivity contribution in [2.75, 3.05) is 0 Å². The summed E-state index contributed by atoms with van der Waals surface area (Å²) < 4.78 is 0. The van der Waals surface area contributed by atoms with Crippen molar-refractivity contribution in [2.45, 2.75) is 25.6 Å². The number of hydrogen-bond donors (Lipinski definition) is 3. The predicted molar refractivity (Wildman–Crippen MR) is 80.7 cm³/mol. The van der Waals surface area contributed by atoms with Gasteiger partial charge in [0.15, 0.2) is 0 Å². The zero-order valence-corrected chi connectivity index (χ0v) is 11.7. The fourth-order valence-corrected chi connectivity index (χ4v) is 2.61. The largest absolute Gasteiger partial charge is 0.508 e. The van der Waals surface area contributed by atoms with Crippen LogP contribution in [0.2, 0.25) is 0 Å². The fourth-order valence-electron chi connectivity index (χ4n) is 2.61. The lowest BCUT2D eigenvalue weighted by Gasteiger charge is -2.25. The van der Waals surface area contributed by atoms with Gasteiger partial charge in [-0.05, 0) is 23.6 Å². The Morgan fingerprint density at radius 3 is 2.67 bits per heavy atom. The third-order valence-electron chi connectivity index (χ3n) is 3.84. The van der Waals surface area contributed by atoms with Crippen molar-refractivity contribution in [1.29, 1.82) is 0 Å². The SMILES string of the molecule is O=C(NCc1ccccc1O)[C@@H]1Cc2ccccc2CN1. The molecule has 1 aliphatic heterocycles. The summed E-state index contributed by atoms with van der Waals surface area (Å²) in [5, 5.41) is 15.8. The van der Waals surface area contributed by atoms with Crippen molar-refractivity contribution in [2.24, 2.45) is 0 Å². The van der Waals surface area contributed by atoms with Gasteiger partial charge in [0.25, 0.3) is 0 Å². The number of carbonyl (C=O) groups excluding carboxylic acids is 1. The molecule has 0 aromatic heterocycles. The maximum atomic E-state index is 12.2. The second kappa shape index (κ2) is 5.97. The number of phenolic OH excluding ortho intramolecular Hbond substituents is 1. The van der Waals surface area contributed by atoms with Crippen molar-refractivity contribution in [3.05, 3.63) is 65.2 Å². The molecule has 0 saturated carbocycles.